The highest BCUT2D eigenvalue weighted by Gasteiger charge is 2.12. The molecule has 1 aromatic carbocycles. The van der Waals surface area contributed by atoms with E-state index in [4.69, 9.17) is 26.4 Å². The zero-order chi connectivity index (χ0) is 18.9. The van der Waals surface area contributed by atoms with Gasteiger partial charge >= 0.3 is 0 Å². The van der Waals surface area contributed by atoms with Gasteiger partial charge in [0, 0.05) is 31.6 Å². The van der Waals surface area contributed by atoms with Gasteiger partial charge in [0.15, 0.2) is 16.6 Å². The lowest BCUT2D eigenvalue weighted by molar-refractivity contribution is 0.0376. The second-order valence-corrected chi connectivity index (χ2v) is 6.99. The Morgan fingerprint density at radius 3 is 2.74 bits per heavy atom. The average Bonchev–Trinajstić information content (AvgIpc) is 2.95. The van der Waals surface area contributed by atoms with E-state index >= 15 is 0 Å². The molecule has 0 spiro atoms. The van der Waals surface area contributed by atoms with Gasteiger partial charge in [-0.3, -0.25) is 10.3 Å². The normalized spacial score (nSPS) is 17.9. The SMILES string of the molecule is C/C(=N/NC(=S)NCCCN1CCOCC1)c1ccc2c(c1)OCCCO2. The monoisotopic (exact) mass is 392 g/mol. The second-order valence-electron chi connectivity index (χ2n) is 6.58. The number of ether oxygens (including phenoxy) is 3. The summed E-state index contributed by atoms with van der Waals surface area (Å²) in [4.78, 5) is 2.41. The first kappa shape index (κ1) is 19.9. The van der Waals surface area contributed by atoms with Crippen LogP contribution in [0.25, 0.3) is 0 Å². The molecule has 0 radical (unpaired) electrons. The maximum absolute atomic E-state index is 5.73. The number of morpholine rings is 1. The van der Waals surface area contributed by atoms with Crippen molar-refractivity contribution in [2.45, 2.75) is 19.8 Å². The number of hydrogen-bond acceptors (Lipinski definition) is 6. The molecule has 0 saturated carbocycles. The molecule has 8 heteroatoms. The molecule has 0 aliphatic carbocycles. The first-order valence-corrected chi connectivity index (χ1v) is 9.91. The van der Waals surface area contributed by atoms with Crippen LogP contribution in [0.5, 0.6) is 11.5 Å². The van der Waals surface area contributed by atoms with Gasteiger partial charge in [0.25, 0.3) is 0 Å². The van der Waals surface area contributed by atoms with Crippen LogP contribution in [0.3, 0.4) is 0 Å². The molecule has 0 atom stereocenters. The Morgan fingerprint density at radius 2 is 1.93 bits per heavy atom. The minimum Gasteiger partial charge on any atom is -0.490 e. The number of hydrogen-bond donors (Lipinski definition) is 2. The number of nitrogens with one attached hydrogen (secondary N) is 2. The smallest absolute Gasteiger partial charge is 0.186 e. The van der Waals surface area contributed by atoms with Crippen molar-refractivity contribution < 1.29 is 14.2 Å². The summed E-state index contributed by atoms with van der Waals surface area (Å²) >= 11 is 5.30. The van der Waals surface area contributed by atoms with Gasteiger partial charge in [-0.15, -0.1) is 0 Å². The zero-order valence-electron chi connectivity index (χ0n) is 15.8. The lowest BCUT2D eigenvalue weighted by Gasteiger charge is -2.26. The number of fused-ring (bicyclic) bond motifs is 1. The number of rotatable bonds is 6. The molecule has 1 aromatic rings. The fourth-order valence-electron chi connectivity index (χ4n) is 2.96. The van der Waals surface area contributed by atoms with Crippen LogP contribution in [0.4, 0.5) is 0 Å². The van der Waals surface area contributed by atoms with Crippen molar-refractivity contribution in [2.24, 2.45) is 5.10 Å². The first-order valence-electron chi connectivity index (χ1n) is 9.50. The average molecular weight is 393 g/mol. The van der Waals surface area contributed by atoms with Crippen LogP contribution >= 0.6 is 12.2 Å². The Labute approximate surface area is 166 Å². The Hall–Kier alpha value is -1.90. The van der Waals surface area contributed by atoms with E-state index in [1.165, 1.54) is 0 Å². The Kier molecular flexibility index (Phi) is 7.67. The summed E-state index contributed by atoms with van der Waals surface area (Å²) in [7, 11) is 0. The topological polar surface area (TPSA) is 67.4 Å². The van der Waals surface area contributed by atoms with E-state index in [-0.39, 0.29) is 0 Å². The molecule has 7 nitrogen and oxygen atoms in total. The molecule has 0 unspecified atom stereocenters. The predicted molar refractivity (Wildman–Crippen MR) is 110 cm³/mol. The number of benzene rings is 1. The van der Waals surface area contributed by atoms with Crippen LogP contribution in [0.1, 0.15) is 25.3 Å². The fraction of sp³-hybridized carbons (Fsp3) is 0.579. The van der Waals surface area contributed by atoms with Crippen LogP contribution in [0.2, 0.25) is 0 Å². The van der Waals surface area contributed by atoms with Crippen molar-refractivity contribution in [3.05, 3.63) is 23.8 Å². The highest BCUT2D eigenvalue weighted by Crippen LogP contribution is 2.30. The van der Waals surface area contributed by atoms with Gasteiger partial charge in [0.1, 0.15) is 0 Å². The lowest BCUT2D eigenvalue weighted by Crippen LogP contribution is -2.39. The summed E-state index contributed by atoms with van der Waals surface area (Å²) in [5.74, 6) is 1.55. The largest absolute Gasteiger partial charge is 0.490 e. The molecule has 3 rings (SSSR count). The van der Waals surface area contributed by atoms with Gasteiger partial charge < -0.3 is 19.5 Å². The maximum Gasteiger partial charge on any atom is 0.186 e. The van der Waals surface area contributed by atoms with Crippen LogP contribution in [-0.2, 0) is 4.74 Å². The van der Waals surface area contributed by atoms with E-state index in [9.17, 15) is 0 Å². The van der Waals surface area contributed by atoms with Gasteiger partial charge in [-0.05, 0) is 50.3 Å². The molecular weight excluding hydrogens is 364 g/mol. The lowest BCUT2D eigenvalue weighted by atomic mass is 10.1. The molecule has 0 aromatic heterocycles. The standard InChI is InChI=1S/C19H28N4O3S/c1-15(16-4-5-17-18(14-16)26-11-3-10-25-17)21-22-19(27)20-6-2-7-23-8-12-24-13-9-23/h4-5,14H,2-3,6-13H2,1H3,(H2,20,22,27)/b21-15-. The highest BCUT2D eigenvalue weighted by molar-refractivity contribution is 7.80. The van der Waals surface area contributed by atoms with Crippen molar-refractivity contribution in [1.29, 1.82) is 0 Å². The van der Waals surface area contributed by atoms with E-state index in [1.807, 2.05) is 25.1 Å². The molecular formula is C19H28N4O3S. The van der Waals surface area contributed by atoms with Gasteiger partial charge in [-0.1, -0.05) is 0 Å². The molecule has 2 N–H and O–H groups in total. The van der Waals surface area contributed by atoms with Crippen molar-refractivity contribution in [2.75, 3.05) is 52.6 Å². The summed E-state index contributed by atoms with van der Waals surface area (Å²) in [6, 6.07) is 5.87. The summed E-state index contributed by atoms with van der Waals surface area (Å²) in [6.45, 7) is 8.87. The molecule has 2 heterocycles. The quantitative estimate of drug-likeness (QED) is 0.331. The Balaban J connectivity index is 1.41. The van der Waals surface area contributed by atoms with E-state index in [1.54, 1.807) is 0 Å². The van der Waals surface area contributed by atoms with Crippen molar-refractivity contribution in [3.8, 4) is 11.5 Å². The first-order chi connectivity index (χ1) is 13.2. The molecule has 1 saturated heterocycles. The third-order valence-electron chi connectivity index (χ3n) is 4.53. The molecule has 148 valence electrons. The van der Waals surface area contributed by atoms with Gasteiger partial charge in [0.2, 0.25) is 0 Å². The predicted octanol–water partition coefficient (Wildman–Crippen LogP) is 1.76. The van der Waals surface area contributed by atoms with Gasteiger partial charge in [-0.2, -0.15) is 5.10 Å². The van der Waals surface area contributed by atoms with E-state index < -0.39 is 0 Å². The highest BCUT2D eigenvalue weighted by atomic mass is 32.1. The second kappa shape index (κ2) is 10.4. The fourth-order valence-corrected chi connectivity index (χ4v) is 3.10. The van der Waals surface area contributed by atoms with E-state index in [0.717, 1.165) is 75.0 Å². The molecule has 27 heavy (non-hydrogen) atoms. The molecule has 2 aliphatic heterocycles. The van der Waals surface area contributed by atoms with Gasteiger partial charge in [0.05, 0.1) is 32.1 Å². The van der Waals surface area contributed by atoms with Crippen molar-refractivity contribution in [3.63, 3.8) is 0 Å². The minimum absolute atomic E-state index is 0.533. The summed E-state index contributed by atoms with van der Waals surface area (Å²) in [5.41, 5.74) is 4.72. The minimum atomic E-state index is 0.533. The Bertz CT molecular complexity index is 662. The number of nitrogens with zero attached hydrogens (tertiary/aromatic N) is 2. The summed E-state index contributed by atoms with van der Waals surface area (Å²) < 4.78 is 16.7. The number of hydrazone groups is 1. The van der Waals surface area contributed by atoms with Crippen LogP contribution in [-0.4, -0.2) is 68.3 Å². The molecule has 0 amide bonds. The third kappa shape index (κ3) is 6.34. The maximum atomic E-state index is 5.73. The Morgan fingerprint density at radius 1 is 1.15 bits per heavy atom. The summed E-state index contributed by atoms with van der Waals surface area (Å²) in [6.07, 6.45) is 1.93. The molecule has 0 bridgehead atoms. The van der Waals surface area contributed by atoms with E-state index in [0.29, 0.717) is 18.3 Å². The molecule has 1 fully saturated rings. The van der Waals surface area contributed by atoms with Crippen LogP contribution in [0, 0.1) is 0 Å². The van der Waals surface area contributed by atoms with Crippen molar-refractivity contribution >= 4 is 23.0 Å². The van der Waals surface area contributed by atoms with Crippen LogP contribution in [0.15, 0.2) is 23.3 Å². The summed E-state index contributed by atoms with van der Waals surface area (Å²) in [5, 5.41) is 8.11. The zero-order valence-corrected chi connectivity index (χ0v) is 16.6. The molecule has 2 aliphatic rings. The van der Waals surface area contributed by atoms with Gasteiger partial charge in [-0.25, -0.2) is 0 Å². The van der Waals surface area contributed by atoms with E-state index in [2.05, 4.69) is 20.7 Å². The third-order valence-corrected chi connectivity index (χ3v) is 4.77. The number of thiocarbonyl (C=S) groups is 1. The van der Waals surface area contributed by atoms with Crippen molar-refractivity contribution in [1.82, 2.24) is 15.6 Å². The van der Waals surface area contributed by atoms with Crippen LogP contribution < -0.4 is 20.2 Å².